The Labute approximate surface area is 157 Å². The predicted molar refractivity (Wildman–Crippen MR) is 98.2 cm³/mol. The maximum atomic E-state index is 12.5. The van der Waals surface area contributed by atoms with Crippen LogP contribution >= 0.6 is 23.2 Å². The molecule has 1 saturated carbocycles. The number of aliphatic carboxylic acids is 1. The molecule has 0 spiro atoms. The molecular formula is C18H22Cl2N2O3. The van der Waals surface area contributed by atoms with Gasteiger partial charge in [-0.05, 0) is 30.9 Å². The third-order valence-corrected chi connectivity index (χ3v) is 5.61. The molecule has 0 radical (unpaired) electrons. The van der Waals surface area contributed by atoms with Gasteiger partial charge in [0, 0.05) is 34.1 Å². The number of carbonyl (C=O) groups is 2. The summed E-state index contributed by atoms with van der Waals surface area (Å²) in [4.78, 5) is 23.9. The minimum Gasteiger partial charge on any atom is -0.480 e. The van der Waals surface area contributed by atoms with Gasteiger partial charge in [0.1, 0.15) is 6.04 Å². The molecule has 1 aromatic carbocycles. The van der Waals surface area contributed by atoms with Crippen molar-refractivity contribution in [3.63, 3.8) is 0 Å². The first-order chi connectivity index (χ1) is 11.9. The lowest BCUT2D eigenvalue weighted by atomic mass is 9.86. The van der Waals surface area contributed by atoms with Gasteiger partial charge in [-0.2, -0.15) is 0 Å². The first-order valence-corrected chi connectivity index (χ1v) is 9.47. The van der Waals surface area contributed by atoms with Crippen LogP contribution in [0.5, 0.6) is 0 Å². The van der Waals surface area contributed by atoms with Gasteiger partial charge in [-0.15, -0.1) is 0 Å². The maximum Gasteiger partial charge on any atom is 0.326 e. The highest BCUT2D eigenvalue weighted by molar-refractivity contribution is 6.35. The van der Waals surface area contributed by atoms with E-state index in [-0.39, 0.29) is 12.3 Å². The van der Waals surface area contributed by atoms with Crippen LogP contribution < -0.4 is 10.6 Å². The second-order valence-corrected chi connectivity index (χ2v) is 7.79. The lowest BCUT2D eigenvalue weighted by Crippen LogP contribution is -2.41. The highest BCUT2D eigenvalue weighted by atomic mass is 35.5. The summed E-state index contributed by atoms with van der Waals surface area (Å²) in [5.74, 6) is -0.584. The minimum absolute atomic E-state index is 0.0418. The number of carbonyl (C=O) groups excluding carboxylic acids is 1. The third-order valence-electron chi connectivity index (χ3n) is 5.08. The standard InChI is InChI=1S/C18H22Cl2N2O3/c19-11-7-12(20)17-13(8-11)21-15(18(24)25)9-14(17)22-16(23)6-10-4-2-1-3-5-10/h7-8,10,14-15,21H,1-6,9H2,(H,22,23)(H,24,25). The normalized spacial score (nSPS) is 23.4. The molecular weight excluding hydrogens is 363 g/mol. The van der Waals surface area contributed by atoms with Crippen molar-refractivity contribution in [2.75, 3.05) is 5.32 Å². The fourth-order valence-electron chi connectivity index (χ4n) is 3.86. The van der Waals surface area contributed by atoms with E-state index in [2.05, 4.69) is 10.6 Å². The topological polar surface area (TPSA) is 78.4 Å². The molecule has 0 bridgehead atoms. The lowest BCUT2D eigenvalue weighted by molar-refractivity contribution is -0.138. The summed E-state index contributed by atoms with van der Waals surface area (Å²) >= 11 is 12.4. The monoisotopic (exact) mass is 384 g/mol. The number of carboxylic acid groups (broad SMARTS) is 1. The fraction of sp³-hybridized carbons (Fsp3) is 0.556. The molecule has 1 heterocycles. The van der Waals surface area contributed by atoms with Gasteiger partial charge in [0.05, 0.1) is 6.04 Å². The Bertz CT molecular complexity index is 675. The van der Waals surface area contributed by atoms with Crippen molar-refractivity contribution in [2.45, 2.75) is 57.0 Å². The van der Waals surface area contributed by atoms with Gasteiger partial charge in [-0.3, -0.25) is 4.79 Å². The van der Waals surface area contributed by atoms with Crippen molar-refractivity contribution in [2.24, 2.45) is 5.92 Å². The van der Waals surface area contributed by atoms with Crippen LogP contribution in [0.25, 0.3) is 0 Å². The van der Waals surface area contributed by atoms with Crippen molar-refractivity contribution in [1.29, 1.82) is 0 Å². The molecule has 3 rings (SSSR count). The summed E-state index contributed by atoms with van der Waals surface area (Å²) < 4.78 is 0. The number of amides is 1. The number of fused-ring (bicyclic) bond motifs is 1. The predicted octanol–water partition coefficient (Wildman–Crippen LogP) is 4.39. The summed E-state index contributed by atoms with van der Waals surface area (Å²) in [6.45, 7) is 0. The highest BCUT2D eigenvalue weighted by Crippen LogP contribution is 2.40. The van der Waals surface area contributed by atoms with E-state index in [4.69, 9.17) is 23.2 Å². The van der Waals surface area contributed by atoms with E-state index in [1.165, 1.54) is 19.3 Å². The molecule has 0 saturated heterocycles. The average Bonchev–Trinajstić information content (AvgIpc) is 2.54. The zero-order valence-corrected chi connectivity index (χ0v) is 15.4. The fourth-order valence-corrected chi connectivity index (χ4v) is 4.48. The van der Waals surface area contributed by atoms with Crippen molar-refractivity contribution in [1.82, 2.24) is 5.32 Å². The van der Waals surface area contributed by atoms with Crippen molar-refractivity contribution >= 4 is 40.8 Å². The summed E-state index contributed by atoms with van der Waals surface area (Å²) in [5, 5.41) is 16.2. The van der Waals surface area contributed by atoms with Crippen LogP contribution in [0.15, 0.2) is 12.1 Å². The Hall–Kier alpha value is -1.46. The zero-order valence-electron chi connectivity index (χ0n) is 13.9. The van der Waals surface area contributed by atoms with Crippen LogP contribution in [0.4, 0.5) is 5.69 Å². The van der Waals surface area contributed by atoms with E-state index in [9.17, 15) is 14.7 Å². The Balaban J connectivity index is 1.77. The lowest BCUT2D eigenvalue weighted by Gasteiger charge is -2.33. The summed E-state index contributed by atoms with van der Waals surface area (Å²) in [5.41, 5.74) is 1.28. The SMILES string of the molecule is O=C(CC1CCCCC1)NC1CC(C(=O)O)Nc2cc(Cl)cc(Cl)c21. The second kappa shape index (κ2) is 7.83. The number of anilines is 1. The maximum absolute atomic E-state index is 12.5. The molecule has 1 aromatic rings. The number of benzene rings is 1. The molecule has 2 unspecified atom stereocenters. The molecule has 1 fully saturated rings. The zero-order chi connectivity index (χ0) is 18.0. The molecule has 136 valence electrons. The molecule has 1 aliphatic carbocycles. The second-order valence-electron chi connectivity index (χ2n) is 6.95. The Morgan fingerprint density at radius 1 is 1.20 bits per heavy atom. The van der Waals surface area contributed by atoms with Gasteiger partial charge < -0.3 is 15.7 Å². The van der Waals surface area contributed by atoms with E-state index < -0.39 is 18.1 Å². The number of nitrogens with one attached hydrogen (secondary N) is 2. The van der Waals surface area contributed by atoms with Gasteiger partial charge in [-0.25, -0.2) is 4.79 Å². The van der Waals surface area contributed by atoms with Crippen molar-refractivity contribution < 1.29 is 14.7 Å². The van der Waals surface area contributed by atoms with E-state index in [1.807, 2.05) is 0 Å². The van der Waals surface area contributed by atoms with Gasteiger partial charge in [0.15, 0.2) is 0 Å². The van der Waals surface area contributed by atoms with E-state index in [0.29, 0.717) is 33.6 Å². The van der Waals surface area contributed by atoms with Gasteiger partial charge in [0.2, 0.25) is 5.91 Å². The van der Waals surface area contributed by atoms with Crippen LogP contribution in [0.3, 0.4) is 0 Å². The van der Waals surface area contributed by atoms with Crippen molar-refractivity contribution in [3.05, 3.63) is 27.7 Å². The Morgan fingerprint density at radius 2 is 1.92 bits per heavy atom. The highest BCUT2D eigenvalue weighted by Gasteiger charge is 2.33. The number of hydrogen-bond donors (Lipinski definition) is 3. The Morgan fingerprint density at radius 3 is 2.60 bits per heavy atom. The first kappa shape index (κ1) is 18.3. The van der Waals surface area contributed by atoms with Gasteiger partial charge >= 0.3 is 5.97 Å². The van der Waals surface area contributed by atoms with Crippen LogP contribution in [0.1, 0.15) is 56.6 Å². The van der Waals surface area contributed by atoms with E-state index in [0.717, 1.165) is 12.8 Å². The first-order valence-electron chi connectivity index (χ1n) is 8.71. The smallest absolute Gasteiger partial charge is 0.326 e. The molecule has 1 aliphatic heterocycles. The van der Waals surface area contributed by atoms with Crippen LogP contribution in [-0.2, 0) is 9.59 Å². The van der Waals surface area contributed by atoms with E-state index in [1.54, 1.807) is 12.1 Å². The molecule has 0 aromatic heterocycles. The van der Waals surface area contributed by atoms with Gasteiger partial charge in [0.25, 0.3) is 0 Å². The number of hydrogen-bond acceptors (Lipinski definition) is 3. The molecule has 7 heteroatoms. The molecule has 3 N–H and O–H groups in total. The molecule has 1 amide bonds. The number of rotatable bonds is 4. The third kappa shape index (κ3) is 4.39. The molecule has 2 atom stereocenters. The summed E-state index contributed by atoms with van der Waals surface area (Å²) in [6, 6.07) is 2.05. The number of halogens is 2. The van der Waals surface area contributed by atoms with E-state index >= 15 is 0 Å². The summed E-state index contributed by atoms with van der Waals surface area (Å²) in [6.07, 6.45) is 6.52. The van der Waals surface area contributed by atoms with Crippen LogP contribution in [0.2, 0.25) is 10.0 Å². The molecule has 25 heavy (non-hydrogen) atoms. The quantitative estimate of drug-likeness (QED) is 0.718. The molecule has 5 nitrogen and oxygen atoms in total. The number of carboxylic acids is 1. The minimum atomic E-state index is -0.965. The Kier molecular flexibility index (Phi) is 5.74. The van der Waals surface area contributed by atoms with Crippen LogP contribution in [-0.4, -0.2) is 23.0 Å². The van der Waals surface area contributed by atoms with Crippen molar-refractivity contribution in [3.8, 4) is 0 Å². The molecule has 2 aliphatic rings. The summed E-state index contributed by atoms with van der Waals surface area (Å²) in [7, 11) is 0. The average molecular weight is 385 g/mol. The largest absolute Gasteiger partial charge is 0.480 e. The van der Waals surface area contributed by atoms with Gasteiger partial charge in [-0.1, -0.05) is 42.5 Å². The van der Waals surface area contributed by atoms with Crippen LogP contribution in [0, 0.1) is 5.92 Å².